The maximum absolute atomic E-state index is 11.9. The Bertz CT molecular complexity index is 1480. The van der Waals surface area contributed by atoms with E-state index in [0.29, 0.717) is 24.1 Å². The standard InChI is InChI=1S/C30H31NO5S/c1-37(33,34)27-13-5-21(6-14-27)30-28-15-8-24(32)20-22(28)7-16-29(30)36-26-11-9-25(10-12-26)35-19-17-23-4-2-3-18-31-23/h5-16,20,23,31-32H,2-4,17-19H2,1H3. The van der Waals surface area contributed by atoms with Crippen LogP contribution >= 0.6 is 0 Å². The third kappa shape index (κ3) is 6.06. The molecule has 0 amide bonds. The van der Waals surface area contributed by atoms with Crippen LogP contribution in [-0.2, 0) is 9.84 Å². The zero-order valence-corrected chi connectivity index (χ0v) is 21.6. The Morgan fingerprint density at radius 1 is 0.919 bits per heavy atom. The van der Waals surface area contributed by atoms with E-state index in [2.05, 4.69) is 5.32 Å². The summed E-state index contributed by atoms with van der Waals surface area (Å²) in [6.07, 6.45) is 5.93. The third-order valence-corrected chi connectivity index (χ3v) is 7.86. The number of piperidine rings is 1. The second-order valence-corrected chi connectivity index (χ2v) is 11.5. The summed E-state index contributed by atoms with van der Waals surface area (Å²) in [6.45, 7) is 1.76. The first-order chi connectivity index (χ1) is 17.9. The van der Waals surface area contributed by atoms with E-state index in [1.165, 1.54) is 25.5 Å². The number of sulfone groups is 1. The van der Waals surface area contributed by atoms with Gasteiger partial charge < -0.3 is 19.9 Å². The number of phenols is 1. The second-order valence-electron chi connectivity index (χ2n) is 9.50. The third-order valence-electron chi connectivity index (χ3n) is 6.74. The summed E-state index contributed by atoms with van der Waals surface area (Å²) < 4.78 is 36.1. The van der Waals surface area contributed by atoms with E-state index in [1.807, 2.05) is 42.5 Å². The molecule has 2 N–H and O–H groups in total. The van der Waals surface area contributed by atoms with Crippen molar-refractivity contribution in [2.75, 3.05) is 19.4 Å². The topological polar surface area (TPSA) is 84.9 Å². The lowest BCUT2D eigenvalue weighted by Gasteiger charge is -2.23. The van der Waals surface area contributed by atoms with Gasteiger partial charge in [-0.15, -0.1) is 0 Å². The van der Waals surface area contributed by atoms with Crippen LogP contribution in [0.1, 0.15) is 25.7 Å². The van der Waals surface area contributed by atoms with Crippen molar-refractivity contribution in [2.45, 2.75) is 36.6 Å². The highest BCUT2D eigenvalue weighted by atomic mass is 32.2. The maximum atomic E-state index is 11.9. The summed E-state index contributed by atoms with van der Waals surface area (Å²) in [6, 6.07) is 23.8. The quantitative estimate of drug-likeness (QED) is 0.285. The summed E-state index contributed by atoms with van der Waals surface area (Å²) in [5, 5.41) is 15.3. The molecular formula is C30H31NO5S. The molecule has 1 aliphatic heterocycles. The van der Waals surface area contributed by atoms with Crippen LogP contribution in [0.3, 0.4) is 0 Å². The Balaban J connectivity index is 1.38. The van der Waals surface area contributed by atoms with Crippen molar-refractivity contribution in [3.8, 4) is 34.1 Å². The maximum Gasteiger partial charge on any atom is 0.175 e. The number of ether oxygens (including phenoxy) is 2. The highest BCUT2D eigenvalue weighted by Crippen LogP contribution is 2.40. The number of aromatic hydroxyl groups is 1. The van der Waals surface area contributed by atoms with E-state index in [1.54, 1.807) is 36.4 Å². The molecular weight excluding hydrogens is 486 g/mol. The van der Waals surface area contributed by atoms with E-state index in [4.69, 9.17) is 9.47 Å². The Morgan fingerprint density at radius 2 is 1.68 bits per heavy atom. The minimum atomic E-state index is -3.31. The zero-order chi connectivity index (χ0) is 25.8. The average molecular weight is 518 g/mol. The summed E-state index contributed by atoms with van der Waals surface area (Å²) in [7, 11) is -3.31. The smallest absolute Gasteiger partial charge is 0.175 e. The summed E-state index contributed by atoms with van der Waals surface area (Å²) >= 11 is 0. The number of phenolic OH excluding ortho intramolecular Hbond substituents is 1. The molecule has 1 unspecified atom stereocenters. The Labute approximate surface area is 217 Å². The molecule has 7 heteroatoms. The predicted molar refractivity (Wildman–Crippen MR) is 146 cm³/mol. The van der Waals surface area contributed by atoms with Gasteiger partial charge >= 0.3 is 0 Å². The number of benzene rings is 4. The highest BCUT2D eigenvalue weighted by Gasteiger charge is 2.15. The molecule has 6 nitrogen and oxygen atoms in total. The van der Waals surface area contributed by atoms with Gasteiger partial charge in [0, 0.05) is 17.9 Å². The van der Waals surface area contributed by atoms with E-state index in [0.717, 1.165) is 40.6 Å². The lowest BCUT2D eigenvalue weighted by Crippen LogP contribution is -2.35. The van der Waals surface area contributed by atoms with Gasteiger partial charge in [-0.05, 0) is 103 Å². The molecule has 4 aromatic carbocycles. The fourth-order valence-corrected chi connectivity index (χ4v) is 5.40. The van der Waals surface area contributed by atoms with Crippen LogP contribution in [0, 0.1) is 0 Å². The molecule has 0 saturated carbocycles. The van der Waals surface area contributed by atoms with Crippen LogP contribution in [0.2, 0.25) is 0 Å². The molecule has 0 aliphatic carbocycles. The molecule has 1 atom stereocenters. The van der Waals surface area contributed by atoms with Crippen LogP contribution < -0.4 is 14.8 Å². The molecule has 0 spiro atoms. The van der Waals surface area contributed by atoms with Gasteiger partial charge in [-0.25, -0.2) is 8.42 Å². The Morgan fingerprint density at radius 3 is 2.38 bits per heavy atom. The van der Waals surface area contributed by atoms with Crippen molar-refractivity contribution < 1.29 is 23.0 Å². The fraction of sp³-hybridized carbons (Fsp3) is 0.267. The molecule has 1 aliphatic rings. The van der Waals surface area contributed by atoms with Gasteiger partial charge in [-0.2, -0.15) is 0 Å². The predicted octanol–water partition coefficient (Wildman–Crippen LogP) is 6.32. The SMILES string of the molecule is CS(=O)(=O)c1ccc(-c2c(Oc3ccc(OCCC4CCCCN4)cc3)ccc3cc(O)ccc23)cc1. The molecule has 1 fully saturated rings. The van der Waals surface area contributed by atoms with Crippen molar-refractivity contribution in [1.29, 1.82) is 0 Å². The van der Waals surface area contributed by atoms with Crippen LogP contribution in [0.15, 0.2) is 83.8 Å². The van der Waals surface area contributed by atoms with Gasteiger partial charge in [0.15, 0.2) is 9.84 Å². The van der Waals surface area contributed by atoms with E-state index >= 15 is 0 Å². The Kier molecular flexibility index (Phi) is 7.35. The van der Waals surface area contributed by atoms with Gasteiger partial charge in [0.1, 0.15) is 23.0 Å². The number of fused-ring (bicyclic) bond motifs is 1. The van der Waals surface area contributed by atoms with E-state index < -0.39 is 9.84 Å². The largest absolute Gasteiger partial charge is 0.508 e. The molecule has 192 valence electrons. The average Bonchev–Trinajstić information content (AvgIpc) is 2.90. The fourth-order valence-electron chi connectivity index (χ4n) is 4.77. The molecule has 5 rings (SSSR count). The molecule has 0 radical (unpaired) electrons. The Hall–Kier alpha value is -3.55. The van der Waals surface area contributed by atoms with Gasteiger partial charge in [-0.3, -0.25) is 0 Å². The zero-order valence-electron chi connectivity index (χ0n) is 20.8. The minimum Gasteiger partial charge on any atom is -0.508 e. The monoisotopic (exact) mass is 517 g/mol. The first kappa shape index (κ1) is 25.1. The molecule has 1 saturated heterocycles. The number of hydrogen-bond acceptors (Lipinski definition) is 6. The summed E-state index contributed by atoms with van der Waals surface area (Å²) in [5.74, 6) is 2.26. The van der Waals surface area contributed by atoms with Crippen molar-refractivity contribution in [2.24, 2.45) is 0 Å². The summed E-state index contributed by atoms with van der Waals surface area (Å²) in [4.78, 5) is 0.256. The molecule has 1 heterocycles. The minimum absolute atomic E-state index is 0.175. The van der Waals surface area contributed by atoms with Crippen molar-refractivity contribution >= 4 is 20.6 Å². The van der Waals surface area contributed by atoms with Crippen molar-refractivity contribution in [3.05, 3.63) is 78.9 Å². The lowest BCUT2D eigenvalue weighted by molar-refractivity contribution is 0.268. The van der Waals surface area contributed by atoms with Crippen LogP contribution in [0.4, 0.5) is 0 Å². The van der Waals surface area contributed by atoms with E-state index in [-0.39, 0.29) is 10.6 Å². The molecule has 0 bridgehead atoms. The number of nitrogens with one attached hydrogen (secondary N) is 1. The first-order valence-corrected chi connectivity index (χ1v) is 14.5. The van der Waals surface area contributed by atoms with Gasteiger partial charge in [-0.1, -0.05) is 24.6 Å². The second kappa shape index (κ2) is 10.8. The van der Waals surface area contributed by atoms with Gasteiger partial charge in [0.05, 0.1) is 11.5 Å². The lowest BCUT2D eigenvalue weighted by atomic mass is 9.97. The van der Waals surface area contributed by atoms with Gasteiger partial charge in [0.2, 0.25) is 0 Å². The van der Waals surface area contributed by atoms with Crippen LogP contribution in [-0.4, -0.2) is 39.0 Å². The number of rotatable bonds is 8. The normalized spacial score (nSPS) is 16.0. The van der Waals surface area contributed by atoms with Crippen LogP contribution in [0.5, 0.6) is 23.0 Å². The first-order valence-electron chi connectivity index (χ1n) is 12.6. The van der Waals surface area contributed by atoms with Crippen molar-refractivity contribution in [3.63, 3.8) is 0 Å². The van der Waals surface area contributed by atoms with Crippen molar-refractivity contribution in [1.82, 2.24) is 5.32 Å². The molecule has 0 aromatic heterocycles. The highest BCUT2D eigenvalue weighted by molar-refractivity contribution is 7.90. The van der Waals surface area contributed by atoms with E-state index in [9.17, 15) is 13.5 Å². The number of hydrogen-bond donors (Lipinski definition) is 2. The van der Waals surface area contributed by atoms with Gasteiger partial charge in [0.25, 0.3) is 0 Å². The molecule has 4 aromatic rings. The summed E-state index contributed by atoms with van der Waals surface area (Å²) in [5.41, 5.74) is 1.63. The molecule has 37 heavy (non-hydrogen) atoms. The van der Waals surface area contributed by atoms with Crippen LogP contribution in [0.25, 0.3) is 21.9 Å².